The van der Waals surface area contributed by atoms with E-state index in [-0.39, 0.29) is 0 Å². The maximum absolute atomic E-state index is 8.91. The molecule has 0 fully saturated rings. The molecule has 4 aromatic rings. The first-order valence-electron chi connectivity index (χ1n) is 9.36. The number of anilines is 5. The SMILES string of the molecule is Cc1cc(-c2ccc(N)o2)cc(C)c1Nc1ccnc(Nc2ccc(C#N)cc2)n1. The molecule has 0 unspecified atom stereocenters. The van der Waals surface area contributed by atoms with Crippen molar-refractivity contribution in [2.24, 2.45) is 0 Å². The van der Waals surface area contributed by atoms with Gasteiger partial charge in [-0.2, -0.15) is 10.2 Å². The summed E-state index contributed by atoms with van der Waals surface area (Å²) in [5, 5.41) is 15.4. The van der Waals surface area contributed by atoms with E-state index in [1.807, 2.05) is 50.2 Å². The molecule has 4 rings (SSSR count). The fourth-order valence-corrected chi connectivity index (χ4v) is 3.18. The molecular weight excluding hydrogens is 376 g/mol. The van der Waals surface area contributed by atoms with Gasteiger partial charge in [-0.05, 0) is 73.5 Å². The Labute approximate surface area is 174 Å². The van der Waals surface area contributed by atoms with E-state index >= 15 is 0 Å². The highest BCUT2D eigenvalue weighted by Gasteiger charge is 2.11. The van der Waals surface area contributed by atoms with Crippen molar-refractivity contribution in [2.75, 3.05) is 16.4 Å². The van der Waals surface area contributed by atoms with E-state index in [4.69, 9.17) is 15.4 Å². The van der Waals surface area contributed by atoms with Gasteiger partial charge in [0.15, 0.2) is 5.88 Å². The Balaban J connectivity index is 1.55. The summed E-state index contributed by atoms with van der Waals surface area (Å²) in [6, 6.07) is 18.7. The van der Waals surface area contributed by atoms with Gasteiger partial charge in [0.1, 0.15) is 11.6 Å². The van der Waals surface area contributed by atoms with Gasteiger partial charge in [-0.25, -0.2) is 4.98 Å². The number of rotatable bonds is 5. The monoisotopic (exact) mass is 396 g/mol. The first-order chi connectivity index (χ1) is 14.5. The number of nitrogen functional groups attached to an aromatic ring is 1. The third kappa shape index (κ3) is 4.08. The number of nitriles is 1. The summed E-state index contributed by atoms with van der Waals surface area (Å²) in [6.07, 6.45) is 1.69. The molecule has 0 aliphatic heterocycles. The topological polar surface area (TPSA) is 113 Å². The Morgan fingerprint density at radius 3 is 2.33 bits per heavy atom. The predicted molar refractivity (Wildman–Crippen MR) is 118 cm³/mol. The summed E-state index contributed by atoms with van der Waals surface area (Å²) in [5.74, 6) is 2.26. The summed E-state index contributed by atoms with van der Waals surface area (Å²) >= 11 is 0. The normalized spacial score (nSPS) is 10.4. The van der Waals surface area contributed by atoms with Crippen LogP contribution in [0.15, 0.2) is 65.2 Å². The number of furan rings is 1. The molecule has 0 atom stereocenters. The van der Waals surface area contributed by atoms with E-state index < -0.39 is 0 Å². The highest BCUT2D eigenvalue weighted by molar-refractivity contribution is 5.72. The van der Waals surface area contributed by atoms with Crippen molar-refractivity contribution < 1.29 is 4.42 Å². The van der Waals surface area contributed by atoms with Crippen LogP contribution in [-0.2, 0) is 0 Å². The van der Waals surface area contributed by atoms with E-state index in [1.54, 1.807) is 24.4 Å². The second-order valence-corrected chi connectivity index (χ2v) is 6.89. The van der Waals surface area contributed by atoms with Gasteiger partial charge in [0.2, 0.25) is 5.95 Å². The molecule has 2 aromatic carbocycles. The zero-order chi connectivity index (χ0) is 21.1. The summed E-state index contributed by atoms with van der Waals surface area (Å²) in [7, 11) is 0. The molecule has 7 heteroatoms. The minimum atomic E-state index is 0.394. The second kappa shape index (κ2) is 7.97. The van der Waals surface area contributed by atoms with Crippen LogP contribution < -0.4 is 16.4 Å². The Kier molecular flexibility index (Phi) is 5.06. The molecule has 0 bridgehead atoms. The molecule has 4 N–H and O–H groups in total. The second-order valence-electron chi connectivity index (χ2n) is 6.89. The Hall–Kier alpha value is -4.31. The molecule has 0 saturated carbocycles. The van der Waals surface area contributed by atoms with Crippen molar-refractivity contribution in [1.29, 1.82) is 5.26 Å². The molecule has 0 amide bonds. The lowest BCUT2D eigenvalue weighted by Crippen LogP contribution is -2.02. The number of nitrogens with zero attached hydrogens (tertiary/aromatic N) is 3. The minimum absolute atomic E-state index is 0.394. The Bertz CT molecular complexity index is 1210. The van der Waals surface area contributed by atoms with Crippen molar-refractivity contribution in [2.45, 2.75) is 13.8 Å². The predicted octanol–water partition coefficient (Wildman–Crippen LogP) is 5.29. The molecule has 7 nitrogen and oxygen atoms in total. The maximum Gasteiger partial charge on any atom is 0.229 e. The number of nitrogens with one attached hydrogen (secondary N) is 2. The minimum Gasteiger partial charge on any atom is -0.441 e. The third-order valence-corrected chi connectivity index (χ3v) is 4.62. The summed E-state index contributed by atoms with van der Waals surface area (Å²) in [5.41, 5.74) is 11.2. The molecule has 0 saturated heterocycles. The number of aromatic nitrogens is 2. The van der Waals surface area contributed by atoms with Crippen LogP contribution in [0, 0.1) is 25.2 Å². The van der Waals surface area contributed by atoms with E-state index in [0.717, 1.165) is 33.8 Å². The van der Waals surface area contributed by atoms with Crippen LogP contribution in [0.5, 0.6) is 0 Å². The van der Waals surface area contributed by atoms with Gasteiger partial charge < -0.3 is 20.8 Å². The summed E-state index contributed by atoms with van der Waals surface area (Å²) in [4.78, 5) is 8.81. The van der Waals surface area contributed by atoms with E-state index in [1.165, 1.54) is 0 Å². The Morgan fingerprint density at radius 1 is 0.967 bits per heavy atom. The summed E-state index contributed by atoms with van der Waals surface area (Å²) < 4.78 is 5.54. The quantitative estimate of drug-likeness (QED) is 0.420. The lowest BCUT2D eigenvalue weighted by atomic mass is 10.0. The molecule has 148 valence electrons. The van der Waals surface area contributed by atoms with Gasteiger partial charge in [-0.1, -0.05) is 0 Å². The number of aryl methyl sites for hydroxylation is 2. The van der Waals surface area contributed by atoms with Gasteiger partial charge in [0, 0.05) is 29.2 Å². The van der Waals surface area contributed by atoms with Gasteiger partial charge >= 0.3 is 0 Å². The highest BCUT2D eigenvalue weighted by atomic mass is 16.3. The zero-order valence-corrected chi connectivity index (χ0v) is 16.6. The fraction of sp³-hybridized carbons (Fsp3) is 0.0870. The van der Waals surface area contributed by atoms with E-state index in [2.05, 4.69) is 26.7 Å². The highest BCUT2D eigenvalue weighted by Crippen LogP contribution is 2.31. The van der Waals surface area contributed by atoms with Crippen LogP contribution in [0.25, 0.3) is 11.3 Å². The van der Waals surface area contributed by atoms with Crippen molar-refractivity contribution in [3.05, 3.63) is 77.5 Å². The molecule has 0 spiro atoms. The van der Waals surface area contributed by atoms with Crippen LogP contribution in [0.4, 0.5) is 29.0 Å². The third-order valence-electron chi connectivity index (χ3n) is 4.62. The van der Waals surface area contributed by atoms with Crippen LogP contribution in [-0.4, -0.2) is 9.97 Å². The van der Waals surface area contributed by atoms with Crippen LogP contribution >= 0.6 is 0 Å². The van der Waals surface area contributed by atoms with Gasteiger partial charge in [0.05, 0.1) is 11.6 Å². The zero-order valence-electron chi connectivity index (χ0n) is 16.6. The molecule has 2 aromatic heterocycles. The standard InChI is InChI=1S/C23H20N6O/c1-14-11-17(19-7-8-20(25)30-19)12-15(2)22(14)28-21-9-10-26-23(29-21)27-18-5-3-16(13-24)4-6-18/h3-12H,25H2,1-2H3,(H2,26,27,28,29). The molecule has 0 aliphatic carbocycles. The van der Waals surface area contributed by atoms with Crippen molar-refractivity contribution in [1.82, 2.24) is 9.97 Å². The van der Waals surface area contributed by atoms with Gasteiger partial charge in [0.25, 0.3) is 0 Å². The maximum atomic E-state index is 8.91. The molecule has 30 heavy (non-hydrogen) atoms. The first-order valence-corrected chi connectivity index (χ1v) is 9.36. The lowest BCUT2D eigenvalue weighted by Gasteiger charge is -2.14. The fourth-order valence-electron chi connectivity index (χ4n) is 3.18. The van der Waals surface area contributed by atoms with Gasteiger partial charge in [-0.3, -0.25) is 0 Å². The van der Waals surface area contributed by atoms with Crippen LogP contribution in [0.1, 0.15) is 16.7 Å². The van der Waals surface area contributed by atoms with Crippen molar-refractivity contribution in [3.8, 4) is 17.4 Å². The van der Waals surface area contributed by atoms with E-state index in [0.29, 0.717) is 23.2 Å². The molecular formula is C23H20N6O. The number of nitrogens with two attached hydrogens (primary N) is 1. The van der Waals surface area contributed by atoms with Crippen LogP contribution in [0.2, 0.25) is 0 Å². The number of hydrogen-bond acceptors (Lipinski definition) is 7. The number of benzene rings is 2. The first kappa shape index (κ1) is 19.0. The lowest BCUT2D eigenvalue weighted by molar-refractivity contribution is 0.603. The molecule has 0 radical (unpaired) electrons. The van der Waals surface area contributed by atoms with Crippen molar-refractivity contribution in [3.63, 3.8) is 0 Å². The van der Waals surface area contributed by atoms with Gasteiger partial charge in [-0.15, -0.1) is 0 Å². The average Bonchev–Trinajstić information content (AvgIpc) is 3.18. The summed E-state index contributed by atoms with van der Waals surface area (Å²) in [6.45, 7) is 4.06. The largest absolute Gasteiger partial charge is 0.441 e. The smallest absolute Gasteiger partial charge is 0.229 e. The Morgan fingerprint density at radius 2 is 1.70 bits per heavy atom. The average molecular weight is 396 g/mol. The molecule has 2 heterocycles. The number of hydrogen-bond donors (Lipinski definition) is 3. The van der Waals surface area contributed by atoms with Crippen molar-refractivity contribution >= 4 is 29.0 Å². The van der Waals surface area contributed by atoms with E-state index in [9.17, 15) is 0 Å². The molecule has 0 aliphatic rings. The van der Waals surface area contributed by atoms with Crippen LogP contribution in [0.3, 0.4) is 0 Å².